The molecule has 1 amide bonds. The first-order chi connectivity index (χ1) is 12.7. The molecule has 0 unspecified atom stereocenters. The standard InChI is InChI=1S/C20H25N5O/c1-2-23-11-13-24(14-12-23)19(26)18-7-9-21-20(22-18)25-10-8-16-5-3-4-6-17(16)15-25/h3-7,9H,2,8,10-15H2,1H3. The first-order valence-corrected chi connectivity index (χ1v) is 9.41. The van der Waals surface area contributed by atoms with Gasteiger partial charge >= 0.3 is 0 Å². The Balaban J connectivity index is 1.48. The summed E-state index contributed by atoms with van der Waals surface area (Å²) in [4.78, 5) is 28.3. The molecule has 4 rings (SSSR count). The van der Waals surface area contributed by atoms with Gasteiger partial charge in [0.15, 0.2) is 0 Å². The van der Waals surface area contributed by atoms with Gasteiger partial charge in [-0.2, -0.15) is 0 Å². The van der Waals surface area contributed by atoms with Crippen LogP contribution in [0.15, 0.2) is 36.5 Å². The van der Waals surface area contributed by atoms with Crippen LogP contribution in [-0.2, 0) is 13.0 Å². The van der Waals surface area contributed by atoms with E-state index in [9.17, 15) is 4.79 Å². The summed E-state index contributed by atoms with van der Waals surface area (Å²) >= 11 is 0. The predicted octanol–water partition coefficient (Wildman–Crippen LogP) is 1.82. The highest BCUT2D eigenvalue weighted by atomic mass is 16.2. The normalized spacial score (nSPS) is 17.9. The fraction of sp³-hybridized carbons (Fsp3) is 0.450. The van der Waals surface area contributed by atoms with Gasteiger partial charge in [0.1, 0.15) is 5.69 Å². The van der Waals surface area contributed by atoms with Crippen LogP contribution in [0.3, 0.4) is 0 Å². The Morgan fingerprint density at radius 1 is 1.04 bits per heavy atom. The molecule has 0 bridgehead atoms. The predicted molar refractivity (Wildman–Crippen MR) is 101 cm³/mol. The number of hydrogen-bond donors (Lipinski definition) is 0. The molecular weight excluding hydrogens is 326 g/mol. The van der Waals surface area contributed by atoms with Gasteiger partial charge in [-0.1, -0.05) is 31.2 Å². The van der Waals surface area contributed by atoms with E-state index in [0.717, 1.165) is 52.2 Å². The largest absolute Gasteiger partial charge is 0.336 e. The Morgan fingerprint density at radius 3 is 2.58 bits per heavy atom. The summed E-state index contributed by atoms with van der Waals surface area (Å²) in [5, 5.41) is 0. The lowest BCUT2D eigenvalue weighted by molar-refractivity contribution is 0.0637. The van der Waals surface area contributed by atoms with Crippen molar-refractivity contribution in [2.45, 2.75) is 19.9 Å². The number of fused-ring (bicyclic) bond motifs is 1. The molecule has 2 aliphatic heterocycles. The summed E-state index contributed by atoms with van der Waals surface area (Å²) in [6.45, 7) is 8.27. The molecule has 0 radical (unpaired) electrons. The molecule has 0 N–H and O–H groups in total. The minimum absolute atomic E-state index is 0.0156. The van der Waals surface area contributed by atoms with Crippen molar-refractivity contribution in [3.05, 3.63) is 53.3 Å². The van der Waals surface area contributed by atoms with Gasteiger partial charge in [-0.3, -0.25) is 4.79 Å². The van der Waals surface area contributed by atoms with E-state index in [4.69, 9.17) is 0 Å². The second-order valence-corrected chi connectivity index (χ2v) is 6.91. The van der Waals surface area contributed by atoms with Crippen molar-refractivity contribution < 1.29 is 4.79 Å². The van der Waals surface area contributed by atoms with Crippen molar-refractivity contribution in [2.24, 2.45) is 0 Å². The van der Waals surface area contributed by atoms with E-state index in [1.54, 1.807) is 12.3 Å². The number of anilines is 1. The number of amides is 1. The molecule has 2 aliphatic rings. The quantitative estimate of drug-likeness (QED) is 0.844. The molecule has 0 saturated carbocycles. The smallest absolute Gasteiger partial charge is 0.272 e. The summed E-state index contributed by atoms with van der Waals surface area (Å²) in [5.74, 6) is 0.666. The van der Waals surface area contributed by atoms with Crippen molar-refractivity contribution in [3.8, 4) is 0 Å². The zero-order valence-corrected chi connectivity index (χ0v) is 15.3. The molecule has 6 nitrogen and oxygen atoms in total. The van der Waals surface area contributed by atoms with Crippen LogP contribution in [0.1, 0.15) is 28.5 Å². The van der Waals surface area contributed by atoms with Crippen molar-refractivity contribution in [2.75, 3.05) is 44.2 Å². The Labute approximate surface area is 154 Å². The summed E-state index contributed by atoms with van der Waals surface area (Å²) < 4.78 is 0. The fourth-order valence-corrected chi connectivity index (χ4v) is 3.72. The van der Waals surface area contributed by atoms with Crippen LogP contribution >= 0.6 is 0 Å². The molecular formula is C20H25N5O. The van der Waals surface area contributed by atoms with Crippen molar-refractivity contribution in [1.82, 2.24) is 19.8 Å². The number of nitrogens with zero attached hydrogens (tertiary/aromatic N) is 5. The average molecular weight is 351 g/mol. The van der Waals surface area contributed by atoms with Crippen LogP contribution in [0, 0.1) is 0 Å². The number of carbonyl (C=O) groups excluding carboxylic acids is 1. The second-order valence-electron chi connectivity index (χ2n) is 6.91. The van der Waals surface area contributed by atoms with Crippen LogP contribution < -0.4 is 4.90 Å². The number of aromatic nitrogens is 2. The third-order valence-electron chi connectivity index (χ3n) is 5.38. The van der Waals surface area contributed by atoms with Gasteiger partial charge < -0.3 is 14.7 Å². The number of piperazine rings is 1. The molecule has 136 valence electrons. The minimum Gasteiger partial charge on any atom is -0.336 e. The maximum Gasteiger partial charge on any atom is 0.272 e. The SMILES string of the molecule is CCN1CCN(C(=O)c2ccnc(N3CCc4ccccc4C3)n2)CC1. The summed E-state index contributed by atoms with van der Waals surface area (Å²) in [5.41, 5.74) is 3.21. The maximum absolute atomic E-state index is 12.8. The zero-order chi connectivity index (χ0) is 17.9. The van der Waals surface area contributed by atoms with Crippen LogP contribution in [0.25, 0.3) is 0 Å². The highest BCUT2D eigenvalue weighted by Crippen LogP contribution is 2.22. The molecule has 1 fully saturated rings. The van der Waals surface area contributed by atoms with E-state index < -0.39 is 0 Å². The van der Waals surface area contributed by atoms with E-state index in [1.165, 1.54) is 11.1 Å². The Morgan fingerprint density at radius 2 is 1.81 bits per heavy atom. The first kappa shape index (κ1) is 17.0. The Kier molecular flexibility index (Phi) is 4.84. The third kappa shape index (κ3) is 3.42. The molecule has 0 aliphatic carbocycles. The molecule has 1 aromatic heterocycles. The molecule has 1 aromatic carbocycles. The van der Waals surface area contributed by atoms with Gasteiger partial charge in [-0.15, -0.1) is 0 Å². The monoisotopic (exact) mass is 351 g/mol. The minimum atomic E-state index is 0.0156. The topological polar surface area (TPSA) is 52.6 Å². The van der Waals surface area contributed by atoms with Crippen molar-refractivity contribution in [1.29, 1.82) is 0 Å². The van der Waals surface area contributed by atoms with Crippen LogP contribution in [-0.4, -0.2) is 64.9 Å². The second kappa shape index (κ2) is 7.41. The van der Waals surface area contributed by atoms with Crippen LogP contribution in [0.5, 0.6) is 0 Å². The summed E-state index contributed by atoms with van der Waals surface area (Å²) in [6, 6.07) is 10.2. The van der Waals surface area contributed by atoms with Crippen molar-refractivity contribution >= 4 is 11.9 Å². The Hall–Kier alpha value is -2.47. The summed E-state index contributed by atoms with van der Waals surface area (Å²) in [6.07, 6.45) is 2.69. The number of rotatable bonds is 3. The molecule has 0 spiro atoms. The van der Waals surface area contributed by atoms with Gasteiger partial charge in [-0.05, 0) is 30.2 Å². The van der Waals surface area contributed by atoms with Gasteiger partial charge in [0, 0.05) is 45.5 Å². The van der Waals surface area contributed by atoms with Crippen LogP contribution in [0.4, 0.5) is 5.95 Å². The van der Waals surface area contributed by atoms with E-state index in [1.807, 2.05) is 4.90 Å². The number of benzene rings is 1. The van der Waals surface area contributed by atoms with E-state index >= 15 is 0 Å². The Bertz CT molecular complexity index is 785. The van der Waals surface area contributed by atoms with Crippen molar-refractivity contribution in [3.63, 3.8) is 0 Å². The van der Waals surface area contributed by atoms with E-state index in [0.29, 0.717) is 11.6 Å². The molecule has 6 heteroatoms. The van der Waals surface area contributed by atoms with Crippen LogP contribution in [0.2, 0.25) is 0 Å². The van der Waals surface area contributed by atoms with Gasteiger partial charge in [0.25, 0.3) is 5.91 Å². The lowest BCUT2D eigenvalue weighted by Gasteiger charge is -2.34. The van der Waals surface area contributed by atoms with E-state index in [-0.39, 0.29) is 5.91 Å². The van der Waals surface area contributed by atoms with Gasteiger partial charge in [0.05, 0.1) is 0 Å². The van der Waals surface area contributed by atoms with Gasteiger partial charge in [0.2, 0.25) is 5.95 Å². The fourth-order valence-electron chi connectivity index (χ4n) is 3.72. The first-order valence-electron chi connectivity index (χ1n) is 9.41. The molecule has 2 aromatic rings. The number of hydrogen-bond acceptors (Lipinski definition) is 5. The lowest BCUT2D eigenvalue weighted by atomic mass is 10.0. The third-order valence-corrected chi connectivity index (χ3v) is 5.38. The van der Waals surface area contributed by atoms with Gasteiger partial charge in [-0.25, -0.2) is 9.97 Å². The molecule has 26 heavy (non-hydrogen) atoms. The molecule has 0 atom stereocenters. The number of carbonyl (C=O) groups is 1. The average Bonchev–Trinajstić information content (AvgIpc) is 2.73. The summed E-state index contributed by atoms with van der Waals surface area (Å²) in [7, 11) is 0. The molecule has 1 saturated heterocycles. The highest BCUT2D eigenvalue weighted by Gasteiger charge is 2.24. The van der Waals surface area contributed by atoms with E-state index in [2.05, 4.69) is 51.0 Å². The molecule has 3 heterocycles. The number of likely N-dealkylation sites (N-methyl/N-ethyl adjacent to an activating group) is 1. The zero-order valence-electron chi connectivity index (χ0n) is 15.3. The highest BCUT2D eigenvalue weighted by molar-refractivity contribution is 5.92. The maximum atomic E-state index is 12.8. The lowest BCUT2D eigenvalue weighted by Crippen LogP contribution is -2.48.